The third kappa shape index (κ3) is 14.1. The number of nitrogens with two attached hydrogens (primary N) is 1. The molecule has 4 rings (SSSR count). The molecular formula is C46H57F2N9O10. The van der Waals surface area contributed by atoms with E-state index in [4.69, 9.17) is 5.73 Å². The van der Waals surface area contributed by atoms with E-state index < -0.39 is 120 Å². The van der Waals surface area contributed by atoms with Gasteiger partial charge in [-0.05, 0) is 55.0 Å². The Balaban J connectivity index is 1.57. The lowest BCUT2D eigenvalue weighted by Gasteiger charge is -2.41. The Morgan fingerprint density at radius 1 is 0.821 bits per heavy atom. The van der Waals surface area contributed by atoms with Crippen molar-refractivity contribution in [2.75, 3.05) is 26.7 Å². The minimum absolute atomic E-state index is 0.0304. The normalized spacial score (nSPS) is 14.6. The van der Waals surface area contributed by atoms with Crippen LogP contribution in [0.2, 0.25) is 0 Å². The highest BCUT2D eigenvalue weighted by Gasteiger charge is 2.39. The van der Waals surface area contributed by atoms with E-state index in [1.54, 1.807) is 16.8 Å². The molecule has 9 amide bonds. The molecule has 360 valence electrons. The van der Waals surface area contributed by atoms with E-state index in [1.165, 1.54) is 25.8 Å². The first-order valence-electron chi connectivity index (χ1n) is 21.4. The first-order valence-corrected chi connectivity index (χ1v) is 21.4. The molecule has 0 radical (unpaired) electrons. The molecule has 0 unspecified atom stereocenters. The van der Waals surface area contributed by atoms with Crippen molar-refractivity contribution in [1.29, 1.82) is 0 Å². The number of aliphatic hydroxyl groups excluding tert-OH is 1. The number of imide groups is 1. The van der Waals surface area contributed by atoms with E-state index in [1.807, 2.05) is 51.1 Å². The zero-order valence-electron chi connectivity index (χ0n) is 38.1. The lowest BCUT2D eigenvalue weighted by atomic mass is 9.82. The average molecular weight is 934 g/mol. The summed E-state index contributed by atoms with van der Waals surface area (Å²) in [6.07, 6.45) is 2.56. The monoisotopic (exact) mass is 933 g/mol. The summed E-state index contributed by atoms with van der Waals surface area (Å²) in [6.45, 7) is 6.66. The molecule has 1 aliphatic rings. The number of aliphatic hydroxyl groups is 1. The molecule has 0 saturated heterocycles. The molecule has 21 heteroatoms. The number of halogens is 2. The van der Waals surface area contributed by atoms with Crippen molar-refractivity contribution in [3.8, 4) is 11.1 Å². The molecule has 3 aromatic rings. The van der Waals surface area contributed by atoms with Crippen molar-refractivity contribution < 1.29 is 57.0 Å². The molecule has 0 spiro atoms. The van der Waals surface area contributed by atoms with Gasteiger partial charge in [0.05, 0.1) is 12.5 Å². The minimum atomic E-state index is -1.68. The second-order valence-corrected chi connectivity index (χ2v) is 17.0. The molecule has 0 fully saturated rings. The number of nitrogens with zero attached hydrogens (tertiary/aromatic N) is 3. The number of amides is 9. The molecule has 0 aliphatic carbocycles. The van der Waals surface area contributed by atoms with Crippen LogP contribution in [0.15, 0.2) is 72.9 Å². The molecule has 5 atom stereocenters. The summed E-state index contributed by atoms with van der Waals surface area (Å²) in [7, 11) is 1.29. The summed E-state index contributed by atoms with van der Waals surface area (Å²) in [6, 6.07) is 7.37. The number of likely N-dealkylation sites (N-methyl/N-ethyl adjacent to an activating group) is 1. The Kier molecular flexibility index (Phi) is 18.2. The highest BCUT2D eigenvalue weighted by molar-refractivity contribution is 6.14. The molecule has 67 heavy (non-hydrogen) atoms. The smallest absolute Gasteiger partial charge is 0.254 e. The van der Waals surface area contributed by atoms with Gasteiger partial charge >= 0.3 is 0 Å². The maximum atomic E-state index is 15.2. The summed E-state index contributed by atoms with van der Waals surface area (Å²) < 4.78 is 31.5. The van der Waals surface area contributed by atoms with Crippen molar-refractivity contribution in [3.05, 3.63) is 95.8 Å². The van der Waals surface area contributed by atoms with Crippen LogP contribution in [0, 0.1) is 17.0 Å². The van der Waals surface area contributed by atoms with Crippen LogP contribution in [0.3, 0.4) is 0 Å². The van der Waals surface area contributed by atoms with Gasteiger partial charge in [0, 0.05) is 55.3 Å². The fourth-order valence-electron chi connectivity index (χ4n) is 7.50. The van der Waals surface area contributed by atoms with E-state index in [0.717, 1.165) is 35.9 Å². The largest absolute Gasteiger partial charge is 0.387 e. The zero-order chi connectivity index (χ0) is 49.7. The zero-order valence-corrected chi connectivity index (χ0v) is 38.1. The Morgan fingerprint density at radius 2 is 1.43 bits per heavy atom. The van der Waals surface area contributed by atoms with Crippen LogP contribution in [0.5, 0.6) is 0 Å². The van der Waals surface area contributed by atoms with Gasteiger partial charge in [0.2, 0.25) is 41.4 Å². The summed E-state index contributed by atoms with van der Waals surface area (Å²) in [5.74, 6) is -8.93. The maximum absolute atomic E-state index is 15.2. The van der Waals surface area contributed by atoms with Crippen LogP contribution < -0.4 is 32.3 Å². The topological polar surface area (TPSA) is 271 Å². The van der Waals surface area contributed by atoms with Gasteiger partial charge in [0.1, 0.15) is 49.0 Å². The molecule has 1 aliphatic heterocycles. The third-order valence-corrected chi connectivity index (χ3v) is 10.8. The average Bonchev–Trinajstić information content (AvgIpc) is 3.82. The number of rotatable bonds is 22. The highest BCUT2D eigenvalue weighted by Crippen LogP contribution is 2.41. The van der Waals surface area contributed by atoms with Crippen molar-refractivity contribution in [2.24, 2.45) is 11.1 Å². The van der Waals surface area contributed by atoms with E-state index in [2.05, 4.69) is 26.6 Å². The van der Waals surface area contributed by atoms with Crippen molar-refractivity contribution in [3.63, 3.8) is 0 Å². The van der Waals surface area contributed by atoms with Gasteiger partial charge in [-0.1, -0.05) is 58.0 Å². The Morgan fingerprint density at radius 3 is 2.01 bits per heavy atom. The van der Waals surface area contributed by atoms with Crippen LogP contribution in [-0.2, 0) is 49.7 Å². The molecule has 0 saturated carbocycles. The Bertz CT molecular complexity index is 2370. The number of primary amides is 1. The van der Waals surface area contributed by atoms with Crippen molar-refractivity contribution >= 4 is 53.2 Å². The summed E-state index contributed by atoms with van der Waals surface area (Å²) >= 11 is 0. The Hall–Kier alpha value is -7.29. The molecular weight excluding hydrogens is 877 g/mol. The third-order valence-electron chi connectivity index (χ3n) is 10.8. The standard InChI is InChI=1S/C46H57F2N9O10/c1-7-32(52-42(64)26(2)51-37(60)24-57-38(61)15-16-39(57)62)44(66)54-34(21-36(49)59)45(67)53-33(43(65)50-6)17-18-56(40(63)25-58)41(46(3,4)5)35-19-28(30-20-29(47)13-14-31(30)48)23-55(35)22-27-11-9-8-10-12-27/h8-16,19-20,23,26,32-34,41,58H,7,17-18,21-22,24-25H2,1-6H3,(H2,49,59)(H,50,65)(H,51,60)(H,52,64)(H,53,67)(H,54,66)/t26-,32-,33-,34-,41-/m0/s1. The van der Waals surface area contributed by atoms with Gasteiger partial charge < -0.3 is 46.9 Å². The number of carbonyl (C=O) groups is 9. The summed E-state index contributed by atoms with van der Waals surface area (Å²) in [5, 5.41) is 22.4. The lowest BCUT2D eigenvalue weighted by Crippen LogP contribution is -2.59. The van der Waals surface area contributed by atoms with Gasteiger partial charge in [0.25, 0.3) is 11.8 Å². The van der Waals surface area contributed by atoms with Gasteiger partial charge in [0.15, 0.2) is 0 Å². The van der Waals surface area contributed by atoms with E-state index in [-0.39, 0.29) is 31.5 Å². The number of hydrogen-bond donors (Lipinski definition) is 7. The van der Waals surface area contributed by atoms with Gasteiger partial charge in [-0.15, -0.1) is 0 Å². The van der Waals surface area contributed by atoms with Crippen LogP contribution in [-0.4, -0.2) is 124 Å². The first-order chi connectivity index (χ1) is 31.6. The fraction of sp³-hybridized carbons (Fsp3) is 0.413. The second kappa shape index (κ2) is 23.2. The van der Waals surface area contributed by atoms with Gasteiger partial charge in [-0.25, -0.2) is 8.78 Å². The van der Waals surface area contributed by atoms with E-state index in [9.17, 15) is 52.6 Å². The van der Waals surface area contributed by atoms with Crippen molar-refractivity contribution in [2.45, 2.75) is 90.6 Å². The van der Waals surface area contributed by atoms with Crippen LogP contribution in [0.1, 0.15) is 71.2 Å². The summed E-state index contributed by atoms with van der Waals surface area (Å²) in [5.41, 5.74) is 6.22. The minimum Gasteiger partial charge on any atom is -0.387 e. The molecule has 8 N–H and O–H groups in total. The van der Waals surface area contributed by atoms with Crippen LogP contribution in [0.4, 0.5) is 8.78 Å². The van der Waals surface area contributed by atoms with E-state index in [0.29, 0.717) is 16.2 Å². The number of nitrogens with one attached hydrogen (secondary N) is 5. The maximum Gasteiger partial charge on any atom is 0.254 e. The van der Waals surface area contributed by atoms with Gasteiger partial charge in [-0.2, -0.15) is 0 Å². The molecule has 2 aromatic carbocycles. The molecule has 2 heterocycles. The SMILES string of the molecule is CC[C@H](NC(=O)[C@H](C)NC(=O)CN1C(=O)C=CC1=O)C(=O)N[C@@H](CC(N)=O)C(=O)N[C@@H](CCN(C(=O)CO)[C@@H](c1cc(-c2cc(F)ccc2F)cn1Cc1ccccc1)C(C)(C)C)C(=O)NC. The van der Waals surface area contributed by atoms with Crippen LogP contribution >= 0.6 is 0 Å². The quantitative estimate of drug-likeness (QED) is 0.0693. The highest BCUT2D eigenvalue weighted by atomic mass is 19.1. The number of benzene rings is 2. The molecule has 0 bridgehead atoms. The lowest BCUT2D eigenvalue weighted by molar-refractivity contribution is -0.141. The van der Waals surface area contributed by atoms with Crippen molar-refractivity contribution in [1.82, 2.24) is 41.0 Å². The number of hydrogen-bond acceptors (Lipinski definition) is 10. The van der Waals surface area contributed by atoms with Gasteiger partial charge in [-0.3, -0.25) is 48.1 Å². The van der Waals surface area contributed by atoms with Crippen LogP contribution in [0.25, 0.3) is 11.1 Å². The number of carbonyl (C=O) groups excluding carboxylic acids is 9. The number of aromatic nitrogens is 1. The second-order valence-electron chi connectivity index (χ2n) is 17.0. The summed E-state index contributed by atoms with van der Waals surface area (Å²) in [4.78, 5) is 118. The predicted octanol–water partition coefficient (Wildman–Crippen LogP) is 0.695. The first kappa shape index (κ1) is 52.3. The van der Waals surface area contributed by atoms with E-state index >= 15 is 4.39 Å². The fourth-order valence-corrected chi connectivity index (χ4v) is 7.50. The predicted molar refractivity (Wildman–Crippen MR) is 238 cm³/mol. The Labute approximate surface area is 385 Å². The molecule has 1 aromatic heterocycles. The molecule has 19 nitrogen and oxygen atoms in total.